The Morgan fingerprint density at radius 1 is 1.16 bits per heavy atom. The zero-order valence-corrected chi connectivity index (χ0v) is 17.4. The first kappa shape index (κ1) is 19.9. The lowest BCUT2D eigenvalue weighted by atomic mass is 9.90. The van der Waals surface area contributed by atoms with E-state index in [-0.39, 0.29) is 17.6 Å². The maximum atomic E-state index is 11.9. The number of amides is 1. The normalized spacial score (nSPS) is 21.7. The summed E-state index contributed by atoms with van der Waals surface area (Å²) in [6.45, 7) is 12.0. The highest BCUT2D eigenvalue weighted by Crippen LogP contribution is 2.30. The molecule has 0 aromatic carbocycles. The van der Waals surface area contributed by atoms with Crippen LogP contribution in [0.25, 0.3) is 0 Å². The highest BCUT2D eigenvalue weighted by atomic mass is 32.1. The molecule has 1 fully saturated rings. The topological polar surface area (TPSA) is 67.4 Å². The summed E-state index contributed by atoms with van der Waals surface area (Å²) >= 11 is 1.47. The zero-order chi connectivity index (χ0) is 18.8. The number of alkyl carbamates (subject to hydrolysis) is 1. The predicted molar refractivity (Wildman–Crippen MR) is 102 cm³/mol. The van der Waals surface area contributed by atoms with E-state index in [0.29, 0.717) is 6.04 Å². The second-order valence-electron chi connectivity index (χ2n) is 8.91. The van der Waals surface area contributed by atoms with Crippen LogP contribution in [-0.2, 0) is 10.2 Å². The van der Waals surface area contributed by atoms with Gasteiger partial charge >= 0.3 is 6.09 Å². The maximum absolute atomic E-state index is 11.9. The lowest BCUT2D eigenvalue weighted by molar-refractivity contribution is 0.0491. The minimum Gasteiger partial charge on any atom is -0.444 e. The van der Waals surface area contributed by atoms with E-state index in [1.165, 1.54) is 11.5 Å². The number of ether oxygens (including phenoxy) is 1. The molecular formula is C18H32N4O2S. The number of nitrogens with zero attached hydrogens (tertiary/aromatic N) is 3. The van der Waals surface area contributed by atoms with Gasteiger partial charge in [-0.05, 0) is 46.5 Å². The molecule has 0 saturated heterocycles. The van der Waals surface area contributed by atoms with E-state index in [9.17, 15) is 4.79 Å². The molecule has 0 spiro atoms. The minimum atomic E-state index is -0.454. The molecule has 0 atom stereocenters. The molecular weight excluding hydrogens is 336 g/mol. The number of nitrogens with one attached hydrogen (secondary N) is 1. The Hall–Kier alpha value is -1.37. The van der Waals surface area contributed by atoms with Crippen molar-refractivity contribution < 1.29 is 9.53 Å². The second-order valence-corrected chi connectivity index (χ2v) is 9.64. The van der Waals surface area contributed by atoms with Crippen LogP contribution in [0.4, 0.5) is 9.93 Å². The number of carbonyl (C=O) groups excluding carboxylic acids is 1. The van der Waals surface area contributed by atoms with Crippen LogP contribution in [-0.4, -0.2) is 40.2 Å². The van der Waals surface area contributed by atoms with Crippen molar-refractivity contribution in [2.45, 2.75) is 90.3 Å². The van der Waals surface area contributed by atoms with Gasteiger partial charge in [-0.3, -0.25) is 0 Å². The predicted octanol–water partition coefficient (Wildman–Crippen LogP) is 4.11. The number of aromatic nitrogens is 2. The van der Waals surface area contributed by atoms with Crippen LogP contribution in [0.15, 0.2) is 0 Å². The first-order chi connectivity index (χ1) is 11.5. The Morgan fingerprint density at radius 2 is 1.76 bits per heavy atom. The first-order valence-corrected chi connectivity index (χ1v) is 9.79. The van der Waals surface area contributed by atoms with Crippen LogP contribution in [0.3, 0.4) is 0 Å². The summed E-state index contributed by atoms with van der Waals surface area (Å²) in [6, 6.07) is 0.636. The smallest absolute Gasteiger partial charge is 0.407 e. The molecule has 0 unspecified atom stereocenters. The fourth-order valence-corrected chi connectivity index (χ4v) is 3.79. The van der Waals surface area contributed by atoms with Crippen molar-refractivity contribution in [1.29, 1.82) is 0 Å². The lowest BCUT2D eigenvalue weighted by Gasteiger charge is -2.34. The third-order valence-corrected chi connectivity index (χ3v) is 5.16. The van der Waals surface area contributed by atoms with Gasteiger partial charge in [-0.1, -0.05) is 20.8 Å². The standard InChI is InChI=1S/C18H32N4O2S/c1-17(2,3)14-20-15(25-21-14)22(7)13-10-8-12(9-11-13)19-16(23)24-18(4,5)6/h12-13H,8-11H2,1-7H3,(H,19,23). The summed E-state index contributed by atoms with van der Waals surface area (Å²) in [4.78, 5) is 18.9. The summed E-state index contributed by atoms with van der Waals surface area (Å²) in [6.07, 6.45) is 3.66. The van der Waals surface area contributed by atoms with Gasteiger partial charge in [-0.25, -0.2) is 9.78 Å². The number of anilines is 1. The van der Waals surface area contributed by atoms with Crippen molar-refractivity contribution in [2.24, 2.45) is 0 Å². The van der Waals surface area contributed by atoms with Gasteiger partial charge in [0.25, 0.3) is 0 Å². The SMILES string of the molecule is CN(c1nc(C(C)(C)C)ns1)C1CCC(NC(=O)OC(C)(C)C)CC1. The Morgan fingerprint density at radius 3 is 2.24 bits per heavy atom. The van der Waals surface area contributed by atoms with E-state index < -0.39 is 5.60 Å². The van der Waals surface area contributed by atoms with Crippen LogP contribution in [0.1, 0.15) is 73.1 Å². The lowest BCUT2D eigenvalue weighted by Crippen LogP contribution is -2.44. The van der Waals surface area contributed by atoms with Gasteiger partial charge in [0.05, 0.1) is 0 Å². The highest BCUT2D eigenvalue weighted by Gasteiger charge is 2.29. The van der Waals surface area contributed by atoms with Gasteiger partial charge in [0.1, 0.15) is 11.4 Å². The third-order valence-electron chi connectivity index (χ3n) is 4.35. The van der Waals surface area contributed by atoms with Crippen molar-refractivity contribution in [3.63, 3.8) is 0 Å². The molecule has 1 amide bonds. The molecule has 6 nitrogen and oxygen atoms in total. The van der Waals surface area contributed by atoms with Gasteiger partial charge in [0.2, 0.25) is 5.13 Å². The van der Waals surface area contributed by atoms with E-state index >= 15 is 0 Å². The fraction of sp³-hybridized carbons (Fsp3) is 0.833. The summed E-state index contributed by atoms with van der Waals surface area (Å²) in [5.74, 6) is 0.902. The van der Waals surface area contributed by atoms with Crippen LogP contribution in [0.5, 0.6) is 0 Å². The molecule has 25 heavy (non-hydrogen) atoms. The van der Waals surface area contributed by atoms with Gasteiger partial charge in [0.15, 0.2) is 0 Å². The quantitative estimate of drug-likeness (QED) is 0.870. The van der Waals surface area contributed by atoms with Crippen LogP contribution in [0.2, 0.25) is 0 Å². The van der Waals surface area contributed by atoms with E-state index in [2.05, 4.69) is 42.4 Å². The molecule has 1 aromatic rings. The monoisotopic (exact) mass is 368 g/mol. The Balaban J connectivity index is 1.85. The molecule has 7 heteroatoms. The van der Waals surface area contributed by atoms with Gasteiger partial charge < -0.3 is 15.0 Å². The summed E-state index contributed by atoms with van der Waals surface area (Å²) in [7, 11) is 2.10. The number of rotatable bonds is 3. The minimum absolute atomic E-state index is 0.0232. The average Bonchev–Trinajstić information content (AvgIpc) is 2.95. The van der Waals surface area contributed by atoms with Crippen molar-refractivity contribution in [3.05, 3.63) is 5.82 Å². The molecule has 1 aliphatic carbocycles. The van der Waals surface area contributed by atoms with E-state index in [0.717, 1.165) is 36.6 Å². The van der Waals surface area contributed by atoms with Crippen LogP contribution in [0, 0.1) is 0 Å². The fourth-order valence-electron chi connectivity index (χ4n) is 2.90. The molecule has 0 aliphatic heterocycles. The zero-order valence-electron chi connectivity index (χ0n) is 16.5. The Labute approximate surface area is 155 Å². The Bertz CT molecular complexity index is 581. The number of hydrogen-bond acceptors (Lipinski definition) is 6. The molecule has 0 radical (unpaired) electrons. The van der Waals surface area contributed by atoms with Gasteiger partial charge in [0, 0.05) is 36.1 Å². The highest BCUT2D eigenvalue weighted by molar-refractivity contribution is 7.09. The van der Waals surface area contributed by atoms with Crippen molar-refractivity contribution >= 4 is 22.8 Å². The van der Waals surface area contributed by atoms with E-state index in [1.807, 2.05) is 20.8 Å². The van der Waals surface area contributed by atoms with Crippen molar-refractivity contribution in [2.75, 3.05) is 11.9 Å². The summed E-state index contributed by atoms with van der Waals surface area (Å²) < 4.78 is 9.85. The van der Waals surface area contributed by atoms with E-state index in [1.54, 1.807) is 0 Å². The van der Waals surface area contributed by atoms with Crippen molar-refractivity contribution in [1.82, 2.24) is 14.7 Å². The van der Waals surface area contributed by atoms with Crippen molar-refractivity contribution in [3.8, 4) is 0 Å². The molecule has 1 aromatic heterocycles. The summed E-state index contributed by atoms with van der Waals surface area (Å²) in [5.41, 5.74) is -0.477. The number of hydrogen-bond donors (Lipinski definition) is 1. The van der Waals surface area contributed by atoms with Gasteiger partial charge in [-0.2, -0.15) is 4.37 Å². The maximum Gasteiger partial charge on any atom is 0.407 e. The molecule has 1 aliphatic rings. The third kappa shape index (κ3) is 5.83. The Kier molecular flexibility index (Phi) is 5.97. The summed E-state index contributed by atoms with van der Waals surface area (Å²) in [5, 5.41) is 3.97. The van der Waals surface area contributed by atoms with Crippen LogP contribution < -0.4 is 10.2 Å². The van der Waals surface area contributed by atoms with E-state index in [4.69, 9.17) is 9.72 Å². The molecule has 2 rings (SSSR count). The molecule has 1 N–H and O–H groups in total. The average molecular weight is 369 g/mol. The molecule has 0 bridgehead atoms. The number of carbonyl (C=O) groups is 1. The van der Waals surface area contributed by atoms with Crippen LogP contribution >= 0.6 is 11.5 Å². The molecule has 142 valence electrons. The molecule has 1 saturated carbocycles. The largest absolute Gasteiger partial charge is 0.444 e. The molecule has 1 heterocycles. The second kappa shape index (κ2) is 7.48. The van der Waals surface area contributed by atoms with Gasteiger partial charge in [-0.15, -0.1) is 0 Å². The first-order valence-electron chi connectivity index (χ1n) is 9.02.